The molecule has 0 unspecified atom stereocenters. The van der Waals surface area contributed by atoms with E-state index in [0.29, 0.717) is 30.3 Å². The second kappa shape index (κ2) is 7.51. The Bertz CT molecular complexity index is 748. The number of ether oxygens (including phenoxy) is 1. The second-order valence-electron chi connectivity index (χ2n) is 6.45. The number of carbonyl (C=O) groups is 1. The number of carbonyl (C=O) groups excluding carboxylic acids is 1. The molecule has 25 heavy (non-hydrogen) atoms. The molecule has 0 aliphatic carbocycles. The number of rotatable bonds is 4. The number of aromatic nitrogens is 3. The molecule has 0 N–H and O–H groups in total. The third-order valence-electron chi connectivity index (χ3n) is 4.18. The van der Waals surface area contributed by atoms with E-state index in [1.165, 1.54) is 6.20 Å². The predicted octanol–water partition coefficient (Wildman–Crippen LogP) is 1.61. The van der Waals surface area contributed by atoms with Gasteiger partial charge in [-0.05, 0) is 20.2 Å². The van der Waals surface area contributed by atoms with Crippen LogP contribution in [-0.2, 0) is 11.8 Å². The van der Waals surface area contributed by atoms with E-state index >= 15 is 0 Å². The third kappa shape index (κ3) is 4.00. The molecule has 1 fully saturated rings. The van der Waals surface area contributed by atoms with Crippen LogP contribution in [0, 0.1) is 0 Å². The summed E-state index contributed by atoms with van der Waals surface area (Å²) in [5.41, 5.74) is 1.43. The molecular weight excluding hydrogens is 342 g/mol. The van der Waals surface area contributed by atoms with Crippen molar-refractivity contribution in [1.82, 2.24) is 24.6 Å². The summed E-state index contributed by atoms with van der Waals surface area (Å²) in [7, 11) is 5.85. The normalized spacial score (nSPS) is 20.9. The first kappa shape index (κ1) is 17.8. The minimum atomic E-state index is -0.212. The Morgan fingerprint density at radius 1 is 1.40 bits per heavy atom. The lowest BCUT2D eigenvalue weighted by atomic mass is 9.99. The molecule has 1 aliphatic heterocycles. The molecule has 0 radical (unpaired) electrons. The zero-order chi connectivity index (χ0) is 18.0. The molecule has 2 aromatic heterocycles. The van der Waals surface area contributed by atoms with Crippen LogP contribution in [0.3, 0.4) is 0 Å². The van der Waals surface area contributed by atoms with Gasteiger partial charge in [-0.25, -0.2) is 0 Å². The first-order valence-electron chi connectivity index (χ1n) is 8.12. The summed E-state index contributed by atoms with van der Waals surface area (Å²) in [4.78, 5) is 21.0. The van der Waals surface area contributed by atoms with Crippen molar-refractivity contribution in [2.75, 3.05) is 33.8 Å². The number of halogens is 1. The van der Waals surface area contributed by atoms with Crippen LogP contribution in [0.1, 0.15) is 22.0 Å². The SMILES string of the molecule is CN(C)C[C@@H]1OCCN(C(=O)c2cncc(Cl)c2)[C@H]1c1cnn(C)c1. The maximum absolute atomic E-state index is 13.1. The highest BCUT2D eigenvalue weighted by Crippen LogP contribution is 2.31. The molecule has 7 nitrogen and oxygen atoms in total. The highest BCUT2D eigenvalue weighted by atomic mass is 35.5. The number of amides is 1. The summed E-state index contributed by atoms with van der Waals surface area (Å²) in [6.45, 7) is 1.71. The number of aryl methyl sites for hydroxylation is 1. The summed E-state index contributed by atoms with van der Waals surface area (Å²) < 4.78 is 7.73. The van der Waals surface area contributed by atoms with Gasteiger partial charge in [-0.15, -0.1) is 0 Å². The topological polar surface area (TPSA) is 63.5 Å². The zero-order valence-electron chi connectivity index (χ0n) is 14.6. The van der Waals surface area contributed by atoms with E-state index in [0.717, 1.165) is 5.56 Å². The van der Waals surface area contributed by atoms with Crippen molar-refractivity contribution in [3.63, 3.8) is 0 Å². The molecule has 0 saturated carbocycles. The molecule has 1 aliphatic rings. The number of likely N-dealkylation sites (N-methyl/N-ethyl adjacent to an activating group) is 1. The average Bonchev–Trinajstić information content (AvgIpc) is 2.99. The Morgan fingerprint density at radius 3 is 2.84 bits per heavy atom. The van der Waals surface area contributed by atoms with Gasteiger partial charge in [0, 0.05) is 44.3 Å². The Kier molecular flexibility index (Phi) is 5.36. The maximum atomic E-state index is 13.1. The maximum Gasteiger partial charge on any atom is 0.256 e. The van der Waals surface area contributed by atoms with Crippen LogP contribution in [0.15, 0.2) is 30.9 Å². The van der Waals surface area contributed by atoms with Gasteiger partial charge < -0.3 is 14.5 Å². The Labute approximate surface area is 152 Å². The molecule has 8 heteroatoms. The van der Waals surface area contributed by atoms with Crippen LogP contribution in [0.2, 0.25) is 5.02 Å². The molecule has 134 valence electrons. The summed E-state index contributed by atoms with van der Waals surface area (Å²) in [5.74, 6) is -0.101. The van der Waals surface area contributed by atoms with Crippen LogP contribution in [0.5, 0.6) is 0 Å². The van der Waals surface area contributed by atoms with Gasteiger partial charge in [0.15, 0.2) is 0 Å². The molecule has 0 bridgehead atoms. The van der Waals surface area contributed by atoms with Crippen molar-refractivity contribution in [3.05, 3.63) is 47.0 Å². The number of hydrogen-bond donors (Lipinski definition) is 0. The molecule has 3 rings (SSSR count). The largest absolute Gasteiger partial charge is 0.373 e. The van der Waals surface area contributed by atoms with Crippen molar-refractivity contribution < 1.29 is 9.53 Å². The van der Waals surface area contributed by atoms with E-state index in [1.54, 1.807) is 23.1 Å². The van der Waals surface area contributed by atoms with Crippen molar-refractivity contribution in [1.29, 1.82) is 0 Å². The highest BCUT2D eigenvalue weighted by Gasteiger charge is 2.37. The van der Waals surface area contributed by atoms with E-state index in [4.69, 9.17) is 16.3 Å². The molecular formula is C17H22ClN5O2. The quantitative estimate of drug-likeness (QED) is 0.825. The standard InChI is InChI=1S/C17H22ClN5O2/c1-21(2)11-15-16(13-8-20-22(3)10-13)23(4-5-25-15)17(24)12-6-14(18)9-19-7-12/h6-10,15-16H,4-5,11H2,1-3H3/t15-,16-/m0/s1. The third-order valence-corrected chi connectivity index (χ3v) is 4.38. The summed E-state index contributed by atoms with van der Waals surface area (Å²) in [5, 5.41) is 4.71. The van der Waals surface area contributed by atoms with Gasteiger partial charge >= 0.3 is 0 Å². The molecule has 0 spiro atoms. The van der Waals surface area contributed by atoms with Gasteiger partial charge in [0.1, 0.15) is 0 Å². The number of hydrogen-bond acceptors (Lipinski definition) is 5. The smallest absolute Gasteiger partial charge is 0.256 e. The highest BCUT2D eigenvalue weighted by molar-refractivity contribution is 6.30. The fourth-order valence-electron chi connectivity index (χ4n) is 3.16. The lowest BCUT2D eigenvalue weighted by molar-refractivity contribution is -0.0684. The lowest BCUT2D eigenvalue weighted by Gasteiger charge is -2.41. The van der Waals surface area contributed by atoms with Crippen molar-refractivity contribution in [2.45, 2.75) is 12.1 Å². The van der Waals surface area contributed by atoms with Gasteiger partial charge in [-0.1, -0.05) is 11.6 Å². The van der Waals surface area contributed by atoms with Crippen LogP contribution in [0.25, 0.3) is 0 Å². The first-order valence-corrected chi connectivity index (χ1v) is 8.50. The van der Waals surface area contributed by atoms with Gasteiger partial charge in [0.25, 0.3) is 5.91 Å². The Balaban J connectivity index is 1.95. The van der Waals surface area contributed by atoms with E-state index in [2.05, 4.69) is 15.0 Å². The number of nitrogens with zero attached hydrogens (tertiary/aromatic N) is 5. The molecule has 2 atom stereocenters. The number of pyridine rings is 1. The van der Waals surface area contributed by atoms with Crippen LogP contribution in [-0.4, -0.2) is 70.4 Å². The summed E-state index contributed by atoms with van der Waals surface area (Å²) in [6.07, 6.45) is 6.65. The first-order chi connectivity index (χ1) is 12.0. The van der Waals surface area contributed by atoms with Crippen LogP contribution in [0.4, 0.5) is 0 Å². The minimum absolute atomic E-state index is 0.101. The second-order valence-corrected chi connectivity index (χ2v) is 6.89. The van der Waals surface area contributed by atoms with Crippen molar-refractivity contribution in [3.8, 4) is 0 Å². The molecule has 2 aromatic rings. The van der Waals surface area contributed by atoms with E-state index in [1.807, 2.05) is 32.2 Å². The molecule has 1 saturated heterocycles. The fourth-order valence-corrected chi connectivity index (χ4v) is 3.33. The van der Waals surface area contributed by atoms with Gasteiger partial charge in [-0.3, -0.25) is 14.5 Å². The van der Waals surface area contributed by atoms with E-state index < -0.39 is 0 Å². The Hall–Kier alpha value is -1.96. The average molecular weight is 364 g/mol. The summed E-state index contributed by atoms with van der Waals surface area (Å²) in [6, 6.07) is 1.43. The van der Waals surface area contributed by atoms with E-state index in [-0.39, 0.29) is 18.1 Å². The van der Waals surface area contributed by atoms with Crippen LogP contribution >= 0.6 is 11.6 Å². The van der Waals surface area contributed by atoms with Crippen LogP contribution < -0.4 is 0 Å². The van der Waals surface area contributed by atoms with Crippen molar-refractivity contribution >= 4 is 17.5 Å². The van der Waals surface area contributed by atoms with E-state index in [9.17, 15) is 4.79 Å². The number of morpholine rings is 1. The minimum Gasteiger partial charge on any atom is -0.373 e. The molecule has 0 aromatic carbocycles. The van der Waals surface area contributed by atoms with Gasteiger partial charge in [-0.2, -0.15) is 5.10 Å². The monoisotopic (exact) mass is 363 g/mol. The lowest BCUT2D eigenvalue weighted by Crippen LogP contribution is -2.51. The molecule has 3 heterocycles. The molecule has 1 amide bonds. The van der Waals surface area contributed by atoms with Gasteiger partial charge in [0.2, 0.25) is 0 Å². The summed E-state index contributed by atoms with van der Waals surface area (Å²) >= 11 is 6.00. The van der Waals surface area contributed by atoms with Gasteiger partial charge in [0.05, 0.1) is 35.5 Å². The Morgan fingerprint density at radius 2 is 2.20 bits per heavy atom. The fraction of sp³-hybridized carbons (Fsp3) is 0.471. The predicted molar refractivity (Wildman–Crippen MR) is 94.5 cm³/mol. The van der Waals surface area contributed by atoms with Crippen molar-refractivity contribution in [2.24, 2.45) is 7.05 Å². The zero-order valence-corrected chi connectivity index (χ0v) is 15.3.